The molecule has 2 heterocycles. The molecule has 0 radical (unpaired) electrons. The molecule has 1 aliphatic heterocycles. The van der Waals surface area contributed by atoms with Crippen molar-refractivity contribution in [2.75, 3.05) is 24.9 Å². The van der Waals surface area contributed by atoms with Crippen molar-refractivity contribution in [3.05, 3.63) is 64.9 Å². The number of nitrogens with zero attached hydrogens (tertiary/aromatic N) is 4. The van der Waals surface area contributed by atoms with Gasteiger partial charge in [0.2, 0.25) is 5.95 Å². The van der Waals surface area contributed by atoms with Crippen molar-refractivity contribution in [2.24, 2.45) is 0 Å². The van der Waals surface area contributed by atoms with Crippen LogP contribution in [0.5, 0.6) is 11.5 Å². The molecule has 1 aliphatic rings. The third-order valence-corrected chi connectivity index (χ3v) is 5.01. The zero-order chi connectivity index (χ0) is 21.3. The van der Waals surface area contributed by atoms with Crippen LogP contribution in [0, 0.1) is 6.92 Å². The van der Waals surface area contributed by atoms with Crippen molar-refractivity contribution in [3.8, 4) is 11.5 Å². The number of rotatable bonds is 5. The number of aromatic nitrogens is 4. The Labute approximate surface area is 173 Å². The summed E-state index contributed by atoms with van der Waals surface area (Å²) in [7, 11) is 3.12. The molecule has 0 unspecified atom stereocenters. The average molecular weight is 406 g/mol. The highest BCUT2D eigenvalue weighted by Gasteiger charge is 2.34. The van der Waals surface area contributed by atoms with E-state index in [9.17, 15) is 4.79 Å². The molecule has 9 heteroatoms. The van der Waals surface area contributed by atoms with Gasteiger partial charge in [0.05, 0.1) is 25.5 Å². The average Bonchev–Trinajstić information content (AvgIpc) is 3.21. The van der Waals surface area contributed by atoms with E-state index < -0.39 is 6.04 Å². The van der Waals surface area contributed by atoms with E-state index in [-0.39, 0.29) is 5.91 Å². The molecule has 0 saturated heterocycles. The van der Waals surface area contributed by atoms with Gasteiger partial charge in [0.1, 0.15) is 17.5 Å². The van der Waals surface area contributed by atoms with Gasteiger partial charge in [-0.05, 0) is 42.0 Å². The smallest absolute Gasteiger partial charge is 0.255 e. The Morgan fingerprint density at radius 3 is 2.57 bits per heavy atom. The fourth-order valence-electron chi connectivity index (χ4n) is 3.45. The number of tetrazole rings is 1. The number of fused-ring (bicyclic) bond motifs is 1. The summed E-state index contributed by atoms with van der Waals surface area (Å²) in [6.07, 6.45) is 0. The minimum Gasteiger partial charge on any atom is -0.497 e. The number of anilines is 2. The van der Waals surface area contributed by atoms with Crippen molar-refractivity contribution in [2.45, 2.75) is 19.9 Å². The Balaban J connectivity index is 1.74. The molecular formula is C21H22N6O3. The number of carbonyl (C=O) groups is 1. The van der Waals surface area contributed by atoms with E-state index in [1.165, 1.54) is 0 Å². The van der Waals surface area contributed by atoms with Gasteiger partial charge in [-0.25, -0.2) is 0 Å². The summed E-state index contributed by atoms with van der Waals surface area (Å²) in [6.45, 7) is 3.85. The first-order valence-electron chi connectivity index (χ1n) is 9.37. The van der Waals surface area contributed by atoms with Crippen molar-refractivity contribution in [3.63, 3.8) is 0 Å². The van der Waals surface area contributed by atoms with Gasteiger partial charge < -0.3 is 20.1 Å². The van der Waals surface area contributed by atoms with Gasteiger partial charge >= 0.3 is 0 Å². The van der Waals surface area contributed by atoms with Gasteiger partial charge in [0.25, 0.3) is 5.91 Å². The molecule has 2 aromatic carbocycles. The number of hydrogen-bond acceptors (Lipinski definition) is 7. The zero-order valence-corrected chi connectivity index (χ0v) is 17.1. The van der Waals surface area contributed by atoms with Gasteiger partial charge in [-0.2, -0.15) is 4.68 Å². The van der Waals surface area contributed by atoms with E-state index in [0.29, 0.717) is 34.4 Å². The van der Waals surface area contributed by atoms with E-state index >= 15 is 0 Å². The third-order valence-electron chi connectivity index (χ3n) is 5.01. The molecule has 9 nitrogen and oxygen atoms in total. The molecule has 2 N–H and O–H groups in total. The number of allylic oxidation sites excluding steroid dienone is 1. The van der Waals surface area contributed by atoms with Crippen LogP contribution in [0.3, 0.4) is 0 Å². The Morgan fingerprint density at radius 2 is 1.87 bits per heavy atom. The third kappa shape index (κ3) is 3.45. The first-order valence-corrected chi connectivity index (χ1v) is 9.37. The molecule has 4 rings (SSSR count). The van der Waals surface area contributed by atoms with Crippen LogP contribution in [-0.2, 0) is 4.79 Å². The van der Waals surface area contributed by atoms with Crippen LogP contribution >= 0.6 is 0 Å². The fraction of sp³-hybridized carbons (Fsp3) is 0.238. The van der Waals surface area contributed by atoms with Gasteiger partial charge in [-0.3, -0.25) is 4.79 Å². The summed E-state index contributed by atoms with van der Waals surface area (Å²) in [5, 5.41) is 17.9. The molecular weight excluding hydrogens is 384 g/mol. The number of ether oxygens (including phenoxy) is 2. The minimum absolute atomic E-state index is 0.282. The summed E-state index contributed by atoms with van der Waals surface area (Å²) in [5.74, 6) is 1.34. The van der Waals surface area contributed by atoms with Gasteiger partial charge in [-0.1, -0.05) is 34.9 Å². The summed E-state index contributed by atoms with van der Waals surface area (Å²) >= 11 is 0. The highest BCUT2D eigenvalue weighted by atomic mass is 16.5. The monoisotopic (exact) mass is 406 g/mol. The topological polar surface area (TPSA) is 103 Å². The maximum atomic E-state index is 13.4. The maximum Gasteiger partial charge on any atom is 0.255 e. The Morgan fingerprint density at radius 1 is 1.10 bits per heavy atom. The van der Waals surface area contributed by atoms with Gasteiger partial charge in [0.15, 0.2) is 0 Å². The fourth-order valence-corrected chi connectivity index (χ4v) is 3.45. The van der Waals surface area contributed by atoms with Gasteiger partial charge in [0, 0.05) is 11.8 Å². The number of carbonyl (C=O) groups excluding carboxylic acids is 1. The number of methoxy groups -OCH3 is 2. The molecule has 1 aromatic heterocycles. The number of amides is 1. The molecule has 0 saturated carbocycles. The molecule has 0 aliphatic carbocycles. The standard InChI is InChI=1S/C21H22N6O3/c1-12-5-7-14(8-6-12)19-18(13(2)22-21-24-25-26-27(19)21)20(28)23-16-10-9-15(29-3)11-17(16)30-4/h5-11,19H,1-4H3,(H,23,28)(H,22,24,26)/t19-/m0/s1. The number of hydrogen-bond donors (Lipinski definition) is 2. The summed E-state index contributed by atoms with van der Waals surface area (Å²) in [5.41, 5.74) is 3.75. The quantitative estimate of drug-likeness (QED) is 0.671. The van der Waals surface area contributed by atoms with Crippen LogP contribution in [0.1, 0.15) is 24.1 Å². The van der Waals surface area contributed by atoms with Crippen LogP contribution in [-0.4, -0.2) is 40.3 Å². The van der Waals surface area contributed by atoms with Crippen molar-refractivity contribution >= 4 is 17.5 Å². The molecule has 0 fully saturated rings. The minimum atomic E-state index is -0.471. The lowest BCUT2D eigenvalue weighted by atomic mass is 9.94. The lowest BCUT2D eigenvalue weighted by molar-refractivity contribution is -0.113. The van der Waals surface area contributed by atoms with Crippen LogP contribution in [0.15, 0.2) is 53.7 Å². The van der Waals surface area contributed by atoms with E-state index in [0.717, 1.165) is 11.1 Å². The number of nitrogens with one attached hydrogen (secondary N) is 2. The highest BCUT2D eigenvalue weighted by molar-refractivity contribution is 6.06. The highest BCUT2D eigenvalue weighted by Crippen LogP contribution is 2.36. The first kappa shape index (κ1) is 19.4. The molecule has 154 valence electrons. The number of benzene rings is 2. The number of aryl methyl sites for hydroxylation is 1. The van der Waals surface area contributed by atoms with Crippen LogP contribution in [0.2, 0.25) is 0 Å². The second-order valence-corrected chi connectivity index (χ2v) is 6.94. The SMILES string of the molecule is COc1ccc(NC(=O)C2=C(C)Nc3nnnn3[C@H]2c2ccc(C)cc2)c(OC)c1. The van der Waals surface area contributed by atoms with E-state index in [2.05, 4.69) is 26.2 Å². The van der Waals surface area contributed by atoms with Crippen LogP contribution in [0.4, 0.5) is 11.6 Å². The summed E-state index contributed by atoms with van der Waals surface area (Å²) < 4.78 is 12.2. The second-order valence-electron chi connectivity index (χ2n) is 6.94. The molecule has 0 bridgehead atoms. The van der Waals surface area contributed by atoms with E-state index in [4.69, 9.17) is 9.47 Å². The summed E-state index contributed by atoms with van der Waals surface area (Å²) in [4.78, 5) is 13.4. The van der Waals surface area contributed by atoms with E-state index in [1.807, 2.05) is 38.1 Å². The van der Waals surface area contributed by atoms with Gasteiger partial charge in [-0.15, -0.1) is 0 Å². The van der Waals surface area contributed by atoms with Crippen LogP contribution in [0.25, 0.3) is 0 Å². The molecule has 30 heavy (non-hydrogen) atoms. The zero-order valence-electron chi connectivity index (χ0n) is 17.1. The Kier molecular flexibility index (Phi) is 5.09. The predicted octanol–water partition coefficient (Wildman–Crippen LogP) is 2.93. The Bertz CT molecular complexity index is 1120. The molecule has 3 aromatic rings. The Hall–Kier alpha value is -3.88. The molecule has 0 spiro atoms. The van der Waals surface area contributed by atoms with Crippen LogP contribution < -0.4 is 20.1 Å². The maximum absolute atomic E-state index is 13.4. The molecule has 1 atom stereocenters. The lowest BCUT2D eigenvalue weighted by Crippen LogP contribution is -2.31. The predicted molar refractivity (Wildman–Crippen MR) is 112 cm³/mol. The van der Waals surface area contributed by atoms with Crippen molar-refractivity contribution in [1.29, 1.82) is 0 Å². The summed E-state index contributed by atoms with van der Waals surface area (Å²) in [6, 6.07) is 12.7. The van der Waals surface area contributed by atoms with Crippen molar-refractivity contribution < 1.29 is 14.3 Å². The second kappa shape index (κ2) is 7.86. The lowest BCUT2D eigenvalue weighted by Gasteiger charge is -2.28. The first-order chi connectivity index (χ1) is 14.5. The van der Waals surface area contributed by atoms with Crippen molar-refractivity contribution in [1.82, 2.24) is 20.2 Å². The van der Waals surface area contributed by atoms with E-state index in [1.54, 1.807) is 37.1 Å². The molecule has 1 amide bonds. The normalized spacial score (nSPS) is 15.3. The largest absolute Gasteiger partial charge is 0.497 e.